The van der Waals surface area contributed by atoms with E-state index in [1.54, 1.807) is 44.8 Å². The summed E-state index contributed by atoms with van der Waals surface area (Å²) in [5, 5.41) is 13.4. The molecular formula is C29H29N5O3. The maximum absolute atomic E-state index is 12.9. The molecule has 0 atom stereocenters. The fourth-order valence-electron chi connectivity index (χ4n) is 4.16. The van der Waals surface area contributed by atoms with Crippen LogP contribution in [0.2, 0.25) is 0 Å². The molecule has 0 unspecified atom stereocenters. The summed E-state index contributed by atoms with van der Waals surface area (Å²) in [6.07, 6.45) is 5.10. The molecule has 0 spiro atoms. The number of H-pyrrole nitrogens is 1. The normalized spacial score (nSPS) is 11.4. The van der Waals surface area contributed by atoms with E-state index < -0.39 is 5.91 Å². The molecule has 4 rings (SSSR count). The number of pyridine rings is 1. The standard InChI is InChI=1S/C29H29N5O3/c1-34(2)18-19-5-8-21(9-6-19)24-11-12-31-28-27(24)23(17-32-28)14-22(15-30)29(35)33-16-20-7-10-25(36-3)26(13-20)37-4/h5-14,17H,16,18H2,1-4H3,(H,31,32)(H,33,35)/b22-14+. The average Bonchev–Trinajstić information content (AvgIpc) is 3.33. The Hall–Kier alpha value is -4.61. The first-order valence-corrected chi connectivity index (χ1v) is 11.7. The summed E-state index contributed by atoms with van der Waals surface area (Å²) in [5.74, 6) is 0.704. The number of nitriles is 1. The summed E-state index contributed by atoms with van der Waals surface area (Å²) in [7, 11) is 7.19. The first-order chi connectivity index (χ1) is 17.9. The van der Waals surface area contributed by atoms with Crippen LogP contribution < -0.4 is 14.8 Å². The van der Waals surface area contributed by atoms with Crippen LogP contribution >= 0.6 is 0 Å². The van der Waals surface area contributed by atoms with E-state index >= 15 is 0 Å². The van der Waals surface area contributed by atoms with Crippen molar-refractivity contribution in [2.24, 2.45) is 0 Å². The van der Waals surface area contributed by atoms with Crippen LogP contribution in [-0.2, 0) is 17.9 Å². The number of aromatic amines is 1. The van der Waals surface area contributed by atoms with E-state index in [1.807, 2.05) is 32.3 Å². The average molecular weight is 496 g/mol. The molecule has 0 radical (unpaired) electrons. The van der Waals surface area contributed by atoms with Gasteiger partial charge in [0.1, 0.15) is 17.3 Å². The Morgan fingerprint density at radius 1 is 1.08 bits per heavy atom. The number of hydrogen-bond acceptors (Lipinski definition) is 6. The molecule has 8 heteroatoms. The Morgan fingerprint density at radius 3 is 2.49 bits per heavy atom. The van der Waals surface area contributed by atoms with Gasteiger partial charge in [-0.3, -0.25) is 4.79 Å². The Bertz CT molecular complexity index is 1480. The summed E-state index contributed by atoms with van der Waals surface area (Å²) < 4.78 is 10.6. The molecule has 8 nitrogen and oxygen atoms in total. The van der Waals surface area contributed by atoms with Crippen molar-refractivity contribution in [2.75, 3.05) is 28.3 Å². The van der Waals surface area contributed by atoms with E-state index in [0.29, 0.717) is 22.7 Å². The first-order valence-electron chi connectivity index (χ1n) is 11.7. The van der Waals surface area contributed by atoms with E-state index in [4.69, 9.17) is 9.47 Å². The lowest BCUT2D eigenvalue weighted by Gasteiger charge is -2.11. The van der Waals surface area contributed by atoms with Crippen LogP contribution in [0.3, 0.4) is 0 Å². The third-order valence-corrected chi connectivity index (χ3v) is 5.93. The minimum Gasteiger partial charge on any atom is -0.493 e. The number of nitrogens with zero attached hydrogens (tertiary/aromatic N) is 3. The van der Waals surface area contributed by atoms with Crippen molar-refractivity contribution in [3.05, 3.63) is 83.2 Å². The van der Waals surface area contributed by atoms with Crippen molar-refractivity contribution in [3.63, 3.8) is 0 Å². The maximum Gasteiger partial charge on any atom is 0.262 e. The summed E-state index contributed by atoms with van der Waals surface area (Å²) in [6.45, 7) is 1.09. The number of carbonyl (C=O) groups excluding carboxylic acids is 1. The number of hydrogen-bond donors (Lipinski definition) is 2. The third kappa shape index (κ3) is 5.80. The van der Waals surface area contributed by atoms with E-state index in [2.05, 4.69) is 44.5 Å². The summed E-state index contributed by atoms with van der Waals surface area (Å²) in [5.41, 5.74) is 5.43. The van der Waals surface area contributed by atoms with Crippen molar-refractivity contribution in [1.29, 1.82) is 5.26 Å². The van der Waals surface area contributed by atoms with Crippen molar-refractivity contribution in [3.8, 4) is 28.7 Å². The van der Waals surface area contributed by atoms with E-state index in [1.165, 1.54) is 5.56 Å². The number of benzene rings is 2. The zero-order valence-corrected chi connectivity index (χ0v) is 21.3. The minimum atomic E-state index is -0.467. The Labute approximate surface area is 216 Å². The van der Waals surface area contributed by atoms with Crippen molar-refractivity contribution in [1.82, 2.24) is 20.2 Å². The number of amides is 1. The summed E-state index contributed by atoms with van der Waals surface area (Å²) in [4.78, 5) is 22.6. The van der Waals surface area contributed by atoms with Gasteiger partial charge >= 0.3 is 0 Å². The molecular weight excluding hydrogens is 466 g/mol. The number of nitrogens with one attached hydrogen (secondary N) is 2. The molecule has 0 fully saturated rings. The molecule has 0 saturated carbocycles. The second-order valence-corrected chi connectivity index (χ2v) is 8.80. The van der Waals surface area contributed by atoms with E-state index in [0.717, 1.165) is 28.6 Å². The summed E-state index contributed by atoms with van der Waals surface area (Å²) in [6, 6.07) is 17.7. The van der Waals surface area contributed by atoms with Crippen LogP contribution in [0.25, 0.3) is 28.2 Å². The number of aromatic nitrogens is 2. The van der Waals surface area contributed by atoms with Crippen LogP contribution in [0.4, 0.5) is 0 Å². The molecule has 0 aliphatic heterocycles. The molecule has 0 bridgehead atoms. The quantitative estimate of drug-likeness (QED) is 0.261. The highest BCUT2D eigenvalue weighted by Gasteiger charge is 2.15. The highest BCUT2D eigenvalue weighted by molar-refractivity contribution is 6.06. The lowest BCUT2D eigenvalue weighted by molar-refractivity contribution is -0.117. The second kappa shape index (κ2) is 11.4. The minimum absolute atomic E-state index is 0.00230. The van der Waals surface area contributed by atoms with Crippen LogP contribution in [0.1, 0.15) is 16.7 Å². The van der Waals surface area contributed by atoms with Gasteiger partial charge in [0.25, 0.3) is 5.91 Å². The van der Waals surface area contributed by atoms with Gasteiger partial charge in [0, 0.05) is 36.4 Å². The van der Waals surface area contributed by atoms with Gasteiger partial charge in [0.2, 0.25) is 0 Å². The van der Waals surface area contributed by atoms with Gasteiger partial charge in [-0.05, 0) is 60.6 Å². The molecule has 2 N–H and O–H groups in total. The van der Waals surface area contributed by atoms with Gasteiger partial charge in [0.05, 0.1) is 14.2 Å². The van der Waals surface area contributed by atoms with Crippen molar-refractivity contribution >= 4 is 23.0 Å². The van der Waals surface area contributed by atoms with Gasteiger partial charge in [-0.15, -0.1) is 0 Å². The molecule has 0 saturated heterocycles. The van der Waals surface area contributed by atoms with Gasteiger partial charge in [-0.1, -0.05) is 30.3 Å². The molecule has 37 heavy (non-hydrogen) atoms. The number of fused-ring (bicyclic) bond motifs is 1. The van der Waals surface area contributed by atoms with Crippen molar-refractivity contribution < 1.29 is 14.3 Å². The highest BCUT2D eigenvalue weighted by atomic mass is 16.5. The Kier molecular flexibility index (Phi) is 7.86. The van der Waals surface area contributed by atoms with Crippen LogP contribution in [-0.4, -0.2) is 49.1 Å². The predicted molar refractivity (Wildman–Crippen MR) is 144 cm³/mol. The van der Waals surface area contributed by atoms with Gasteiger partial charge in [-0.2, -0.15) is 5.26 Å². The van der Waals surface area contributed by atoms with Crippen LogP contribution in [0, 0.1) is 11.3 Å². The van der Waals surface area contributed by atoms with Crippen molar-refractivity contribution in [2.45, 2.75) is 13.1 Å². The molecule has 188 valence electrons. The largest absolute Gasteiger partial charge is 0.493 e. The molecule has 2 aromatic heterocycles. The fourth-order valence-corrected chi connectivity index (χ4v) is 4.16. The lowest BCUT2D eigenvalue weighted by Crippen LogP contribution is -2.24. The molecule has 0 aliphatic rings. The predicted octanol–water partition coefficient (Wildman–Crippen LogP) is 4.53. The number of carbonyl (C=O) groups is 1. The Morgan fingerprint density at radius 2 is 1.81 bits per heavy atom. The number of rotatable bonds is 9. The van der Waals surface area contributed by atoms with E-state index in [-0.39, 0.29) is 12.1 Å². The third-order valence-electron chi connectivity index (χ3n) is 5.93. The smallest absolute Gasteiger partial charge is 0.262 e. The van der Waals surface area contributed by atoms with Gasteiger partial charge < -0.3 is 24.7 Å². The molecule has 1 amide bonds. The van der Waals surface area contributed by atoms with Crippen LogP contribution in [0.15, 0.2) is 66.5 Å². The molecule has 4 aromatic rings. The fraction of sp³-hybridized carbons (Fsp3) is 0.207. The SMILES string of the molecule is COc1ccc(CNC(=O)/C(C#N)=C/c2c[nH]c3nccc(-c4ccc(CN(C)C)cc4)c23)cc1OC. The first kappa shape index (κ1) is 25.5. The van der Waals surface area contributed by atoms with Crippen LogP contribution in [0.5, 0.6) is 11.5 Å². The van der Waals surface area contributed by atoms with Gasteiger partial charge in [0.15, 0.2) is 11.5 Å². The molecule has 2 heterocycles. The second-order valence-electron chi connectivity index (χ2n) is 8.80. The zero-order valence-electron chi connectivity index (χ0n) is 21.3. The summed E-state index contributed by atoms with van der Waals surface area (Å²) >= 11 is 0. The zero-order chi connectivity index (χ0) is 26.4. The molecule has 0 aliphatic carbocycles. The highest BCUT2D eigenvalue weighted by Crippen LogP contribution is 2.32. The Balaban J connectivity index is 1.60. The number of methoxy groups -OCH3 is 2. The lowest BCUT2D eigenvalue weighted by atomic mass is 9.99. The monoisotopic (exact) mass is 495 g/mol. The topological polar surface area (TPSA) is 103 Å². The molecule has 2 aromatic carbocycles. The number of ether oxygens (including phenoxy) is 2. The maximum atomic E-state index is 12.9. The van der Waals surface area contributed by atoms with E-state index in [9.17, 15) is 10.1 Å². The van der Waals surface area contributed by atoms with Gasteiger partial charge in [-0.25, -0.2) is 4.98 Å².